The van der Waals surface area contributed by atoms with Gasteiger partial charge in [0.05, 0.1) is 17.2 Å². The van der Waals surface area contributed by atoms with Crippen LogP contribution < -0.4 is 0 Å². The molecule has 1 aliphatic rings. The molecular weight excluding hydrogens is 400 g/mol. The molecule has 164 valence electrons. The molecule has 0 atom stereocenters. The number of carbonyl (C=O) groups is 2. The largest absolute Gasteiger partial charge is 0.396 e. The third-order valence-electron chi connectivity index (χ3n) is 5.90. The summed E-state index contributed by atoms with van der Waals surface area (Å²) in [6.07, 6.45) is 1.32. The van der Waals surface area contributed by atoms with E-state index in [0.29, 0.717) is 43.6 Å². The van der Waals surface area contributed by atoms with Crippen molar-refractivity contribution >= 4 is 11.8 Å². The fraction of sp³-hybridized carbons (Fsp3) is 0.259. The number of fused-ring (bicyclic) bond motifs is 1. The van der Waals surface area contributed by atoms with Crippen LogP contribution >= 0.6 is 0 Å². The number of aliphatic hydroxyl groups excluding tert-OH is 1. The van der Waals surface area contributed by atoms with E-state index in [4.69, 9.17) is 0 Å². The molecule has 1 N–H and O–H groups in total. The van der Waals surface area contributed by atoms with Crippen molar-refractivity contribution in [2.24, 2.45) is 0 Å². The maximum atomic E-state index is 12.7. The van der Waals surface area contributed by atoms with Gasteiger partial charge in [-0.25, -0.2) is 0 Å². The van der Waals surface area contributed by atoms with Crippen LogP contribution in [0.1, 0.15) is 50.7 Å². The van der Waals surface area contributed by atoms with Gasteiger partial charge in [0.15, 0.2) is 0 Å². The van der Waals surface area contributed by atoms with E-state index in [1.165, 1.54) is 16.0 Å². The zero-order valence-corrected chi connectivity index (χ0v) is 18.1. The quantitative estimate of drug-likeness (QED) is 0.493. The van der Waals surface area contributed by atoms with Crippen LogP contribution in [0.2, 0.25) is 0 Å². The molecular formula is C27H28N2O3. The van der Waals surface area contributed by atoms with Crippen LogP contribution in [-0.4, -0.2) is 53.0 Å². The van der Waals surface area contributed by atoms with Gasteiger partial charge in [-0.2, -0.15) is 0 Å². The SMILES string of the molecule is O=C1c2ccccc2C(=O)N1CCCN(CCCO)C(c1ccccc1)c1ccccc1. The second-order valence-electron chi connectivity index (χ2n) is 8.00. The third-order valence-corrected chi connectivity index (χ3v) is 5.90. The lowest BCUT2D eigenvalue weighted by molar-refractivity contribution is 0.0644. The summed E-state index contributed by atoms with van der Waals surface area (Å²) in [7, 11) is 0. The number of imide groups is 1. The summed E-state index contributed by atoms with van der Waals surface area (Å²) in [5, 5.41) is 9.48. The van der Waals surface area contributed by atoms with Crippen LogP contribution in [0.4, 0.5) is 0 Å². The van der Waals surface area contributed by atoms with Gasteiger partial charge in [0, 0.05) is 26.2 Å². The lowest BCUT2D eigenvalue weighted by atomic mass is 9.96. The molecule has 1 aliphatic heterocycles. The van der Waals surface area contributed by atoms with E-state index in [1.807, 2.05) is 36.4 Å². The monoisotopic (exact) mass is 428 g/mol. The van der Waals surface area contributed by atoms with Gasteiger partial charge in [0.25, 0.3) is 11.8 Å². The standard InChI is InChI=1S/C27H28N2O3/c30-20-10-18-28(25(21-11-3-1-4-12-21)22-13-5-2-6-14-22)17-9-19-29-26(31)23-15-7-8-16-24(23)27(29)32/h1-8,11-16,25,30H,9-10,17-20H2. The van der Waals surface area contributed by atoms with Crippen LogP contribution in [-0.2, 0) is 0 Å². The van der Waals surface area contributed by atoms with Crippen molar-refractivity contribution in [1.29, 1.82) is 0 Å². The Morgan fingerprint density at radius 1 is 0.688 bits per heavy atom. The molecule has 0 bridgehead atoms. The van der Waals surface area contributed by atoms with Crippen molar-refractivity contribution in [3.63, 3.8) is 0 Å². The fourth-order valence-corrected chi connectivity index (χ4v) is 4.40. The van der Waals surface area contributed by atoms with Gasteiger partial charge in [-0.1, -0.05) is 72.8 Å². The summed E-state index contributed by atoms with van der Waals surface area (Å²) in [5.41, 5.74) is 3.33. The van der Waals surface area contributed by atoms with Gasteiger partial charge in [0.1, 0.15) is 0 Å². The molecule has 3 aromatic carbocycles. The Labute approximate surface area is 188 Å². The average Bonchev–Trinajstić information content (AvgIpc) is 3.08. The average molecular weight is 429 g/mol. The van der Waals surface area contributed by atoms with Crippen LogP contribution in [0.15, 0.2) is 84.9 Å². The first-order valence-electron chi connectivity index (χ1n) is 11.1. The maximum Gasteiger partial charge on any atom is 0.261 e. The summed E-state index contributed by atoms with van der Waals surface area (Å²) in [4.78, 5) is 29.1. The third kappa shape index (κ3) is 4.64. The molecule has 0 aromatic heterocycles. The second-order valence-corrected chi connectivity index (χ2v) is 8.00. The minimum Gasteiger partial charge on any atom is -0.396 e. The molecule has 0 saturated heterocycles. The molecule has 0 aliphatic carbocycles. The van der Waals surface area contributed by atoms with Crippen molar-refractivity contribution in [3.8, 4) is 0 Å². The highest BCUT2D eigenvalue weighted by Gasteiger charge is 2.34. The predicted molar refractivity (Wildman–Crippen MR) is 124 cm³/mol. The topological polar surface area (TPSA) is 60.9 Å². The van der Waals surface area contributed by atoms with Crippen molar-refractivity contribution in [1.82, 2.24) is 9.80 Å². The van der Waals surface area contributed by atoms with E-state index in [9.17, 15) is 14.7 Å². The van der Waals surface area contributed by atoms with E-state index in [1.54, 1.807) is 24.3 Å². The van der Waals surface area contributed by atoms with E-state index < -0.39 is 0 Å². The molecule has 0 saturated carbocycles. The van der Waals surface area contributed by atoms with Gasteiger partial charge >= 0.3 is 0 Å². The number of aliphatic hydroxyl groups is 1. The fourth-order valence-electron chi connectivity index (χ4n) is 4.40. The molecule has 4 rings (SSSR count). The van der Waals surface area contributed by atoms with Gasteiger partial charge in [-0.15, -0.1) is 0 Å². The highest BCUT2D eigenvalue weighted by Crippen LogP contribution is 2.29. The van der Waals surface area contributed by atoms with Crippen molar-refractivity contribution in [2.75, 3.05) is 26.2 Å². The zero-order chi connectivity index (χ0) is 22.3. The van der Waals surface area contributed by atoms with Gasteiger partial charge in [-0.05, 0) is 36.1 Å². The number of nitrogens with zero attached hydrogens (tertiary/aromatic N) is 2. The first-order valence-corrected chi connectivity index (χ1v) is 11.1. The predicted octanol–water partition coefficient (Wildman–Crippen LogP) is 4.15. The van der Waals surface area contributed by atoms with E-state index >= 15 is 0 Å². The minimum atomic E-state index is -0.213. The zero-order valence-electron chi connectivity index (χ0n) is 18.1. The molecule has 5 nitrogen and oxygen atoms in total. The number of hydrogen-bond donors (Lipinski definition) is 1. The van der Waals surface area contributed by atoms with Crippen LogP contribution in [0.25, 0.3) is 0 Å². The maximum absolute atomic E-state index is 12.7. The Kier molecular flexibility index (Phi) is 7.10. The number of carbonyl (C=O) groups excluding carboxylic acids is 2. The number of rotatable bonds is 10. The summed E-state index contributed by atoms with van der Waals surface area (Å²) >= 11 is 0. The summed E-state index contributed by atoms with van der Waals surface area (Å²) in [6, 6.07) is 27.7. The molecule has 1 heterocycles. The first kappa shape index (κ1) is 21.9. The second kappa shape index (κ2) is 10.4. The molecule has 3 aromatic rings. The molecule has 0 spiro atoms. The minimum absolute atomic E-state index is 0.0335. The number of hydrogen-bond acceptors (Lipinski definition) is 4. The van der Waals surface area contributed by atoms with Crippen LogP contribution in [0.3, 0.4) is 0 Å². The van der Waals surface area contributed by atoms with E-state index in [0.717, 1.165) is 0 Å². The van der Waals surface area contributed by atoms with Crippen LogP contribution in [0, 0.1) is 0 Å². The summed E-state index contributed by atoms with van der Waals surface area (Å²) < 4.78 is 0. The van der Waals surface area contributed by atoms with Gasteiger partial charge in [0.2, 0.25) is 0 Å². The Bertz CT molecular complexity index is 978. The van der Waals surface area contributed by atoms with E-state index in [-0.39, 0.29) is 24.5 Å². The van der Waals surface area contributed by atoms with Crippen LogP contribution in [0.5, 0.6) is 0 Å². The molecule has 2 amide bonds. The van der Waals surface area contributed by atoms with Crippen molar-refractivity contribution in [2.45, 2.75) is 18.9 Å². The normalized spacial score (nSPS) is 13.3. The Hall–Kier alpha value is -3.28. The Morgan fingerprint density at radius 2 is 1.16 bits per heavy atom. The molecule has 0 unspecified atom stereocenters. The van der Waals surface area contributed by atoms with Crippen molar-refractivity contribution in [3.05, 3.63) is 107 Å². The number of amides is 2. The van der Waals surface area contributed by atoms with Gasteiger partial charge < -0.3 is 5.11 Å². The molecule has 0 fully saturated rings. The number of benzene rings is 3. The molecule has 32 heavy (non-hydrogen) atoms. The highest BCUT2D eigenvalue weighted by atomic mass is 16.3. The lowest BCUT2D eigenvalue weighted by Crippen LogP contribution is -2.36. The summed E-state index contributed by atoms with van der Waals surface area (Å²) in [6.45, 7) is 1.90. The Morgan fingerprint density at radius 3 is 1.66 bits per heavy atom. The lowest BCUT2D eigenvalue weighted by Gasteiger charge is -2.33. The molecule has 0 radical (unpaired) electrons. The highest BCUT2D eigenvalue weighted by molar-refractivity contribution is 6.21. The smallest absolute Gasteiger partial charge is 0.261 e. The molecule has 5 heteroatoms. The summed E-state index contributed by atoms with van der Waals surface area (Å²) in [5.74, 6) is -0.426. The van der Waals surface area contributed by atoms with Crippen molar-refractivity contribution < 1.29 is 14.7 Å². The first-order chi connectivity index (χ1) is 15.7. The van der Waals surface area contributed by atoms with Gasteiger partial charge in [-0.3, -0.25) is 19.4 Å². The van der Waals surface area contributed by atoms with E-state index in [2.05, 4.69) is 29.2 Å². The Balaban J connectivity index is 1.51.